The van der Waals surface area contributed by atoms with Crippen LogP contribution in [0.3, 0.4) is 0 Å². The van der Waals surface area contributed by atoms with Crippen molar-refractivity contribution >= 4 is 17.5 Å². The first-order valence-electron chi connectivity index (χ1n) is 5.71. The van der Waals surface area contributed by atoms with Crippen LogP contribution >= 0.6 is 11.6 Å². The Kier molecular flexibility index (Phi) is 3.63. The maximum Gasteiger partial charge on any atom is 0.254 e. The maximum absolute atomic E-state index is 11.8. The number of β-lactam (4-membered cyclic amide) rings is 1. The van der Waals surface area contributed by atoms with Crippen LogP contribution in [0, 0.1) is 0 Å². The number of halogens is 1. The number of methoxy groups -OCH3 is 1. The van der Waals surface area contributed by atoms with Crippen molar-refractivity contribution in [2.45, 2.75) is 37.9 Å². The molecule has 0 aromatic heterocycles. The third kappa shape index (κ3) is 2.29. The molecule has 0 radical (unpaired) electrons. The number of carbonyl (C=O) groups is 1. The third-order valence-electron chi connectivity index (χ3n) is 3.19. The molecule has 0 aliphatic carbocycles. The number of carbonyl (C=O) groups excluding carboxylic acids is 1. The predicted molar refractivity (Wildman–Crippen MR) is 61.9 cm³/mol. The molecule has 98 valence electrons. The molecule has 0 aromatic rings. The Labute approximate surface area is 106 Å². The van der Waals surface area contributed by atoms with Gasteiger partial charge in [-0.15, -0.1) is 11.6 Å². The highest BCUT2D eigenvalue weighted by atomic mass is 35.5. The summed E-state index contributed by atoms with van der Waals surface area (Å²) in [5.41, 5.74) is 0. The third-order valence-corrected chi connectivity index (χ3v) is 3.36. The summed E-state index contributed by atoms with van der Waals surface area (Å²) < 4.78 is 16.5. The van der Waals surface area contributed by atoms with Gasteiger partial charge in [-0.25, -0.2) is 0 Å². The lowest BCUT2D eigenvalue weighted by atomic mass is 9.93. The Morgan fingerprint density at radius 1 is 1.59 bits per heavy atom. The summed E-state index contributed by atoms with van der Waals surface area (Å²) >= 11 is 5.69. The van der Waals surface area contributed by atoms with E-state index in [2.05, 4.69) is 0 Å². The zero-order valence-corrected chi connectivity index (χ0v) is 11.1. The first-order valence-corrected chi connectivity index (χ1v) is 6.24. The van der Waals surface area contributed by atoms with Gasteiger partial charge in [0, 0.05) is 19.5 Å². The number of hydrogen-bond donors (Lipinski definition) is 0. The molecule has 0 aromatic carbocycles. The lowest BCUT2D eigenvalue weighted by molar-refractivity contribution is -0.192. The summed E-state index contributed by atoms with van der Waals surface area (Å²) in [7, 11) is 1.54. The summed E-state index contributed by atoms with van der Waals surface area (Å²) in [5.74, 6) is -0.199. The maximum atomic E-state index is 11.8. The second kappa shape index (κ2) is 4.72. The molecule has 0 saturated carbocycles. The van der Waals surface area contributed by atoms with Crippen LogP contribution in [0.1, 0.15) is 13.8 Å². The first-order chi connectivity index (χ1) is 8.00. The molecule has 2 heterocycles. The largest absolute Gasteiger partial charge is 0.369 e. The minimum absolute atomic E-state index is 0.0218. The van der Waals surface area contributed by atoms with Crippen LogP contribution in [-0.2, 0) is 19.0 Å². The van der Waals surface area contributed by atoms with Crippen molar-refractivity contribution in [1.82, 2.24) is 4.90 Å². The molecule has 2 rings (SSSR count). The smallest absolute Gasteiger partial charge is 0.254 e. The SMILES string of the molecule is CO[C@H]1C(=O)N(CCCl)[C@H]1[C@H]1COC(C)(C)O1. The molecule has 17 heavy (non-hydrogen) atoms. The molecule has 0 unspecified atom stereocenters. The second-order valence-electron chi connectivity index (χ2n) is 4.73. The minimum Gasteiger partial charge on any atom is -0.369 e. The van der Waals surface area contributed by atoms with Gasteiger partial charge in [0.2, 0.25) is 0 Å². The number of alkyl halides is 1. The highest BCUT2D eigenvalue weighted by Crippen LogP contribution is 2.33. The van der Waals surface area contributed by atoms with E-state index in [1.165, 1.54) is 7.11 Å². The van der Waals surface area contributed by atoms with Gasteiger partial charge in [-0.3, -0.25) is 4.79 Å². The van der Waals surface area contributed by atoms with Crippen molar-refractivity contribution < 1.29 is 19.0 Å². The van der Waals surface area contributed by atoms with Crippen LogP contribution in [0.4, 0.5) is 0 Å². The summed E-state index contributed by atoms with van der Waals surface area (Å²) in [5, 5.41) is 0. The molecule has 0 N–H and O–H groups in total. The van der Waals surface area contributed by atoms with Crippen molar-refractivity contribution in [3.63, 3.8) is 0 Å². The lowest BCUT2D eigenvalue weighted by Gasteiger charge is -2.48. The van der Waals surface area contributed by atoms with Crippen molar-refractivity contribution in [3.8, 4) is 0 Å². The molecule has 6 heteroatoms. The van der Waals surface area contributed by atoms with Gasteiger partial charge in [0.25, 0.3) is 5.91 Å². The van der Waals surface area contributed by atoms with Crippen molar-refractivity contribution in [2.75, 3.05) is 26.1 Å². The molecule has 5 nitrogen and oxygen atoms in total. The highest BCUT2D eigenvalue weighted by Gasteiger charge is 2.54. The second-order valence-corrected chi connectivity index (χ2v) is 5.11. The molecular weight excluding hydrogens is 246 g/mol. The Balaban J connectivity index is 2.05. The van der Waals surface area contributed by atoms with Gasteiger partial charge >= 0.3 is 0 Å². The van der Waals surface area contributed by atoms with Crippen LogP contribution in [0.5, 0.6) is 0 Å². The fraction of sp³-hybridized carbons (Fsp3) is 0.909. The Hall–Kier alpha value is -0.360. The van der Waals surface area contributed by atoms with E-state index in [1.54, 1.807) is 4.90 Å². The average Bonchev–Trinajstić information content (AvgIpc) is 2.62. The molecule has 2 fully saturated rings. The van der Waals surface area contributed by atoms with Crippen LogP contribution in [0.2, 0.25) is 0 Å². The molecular formula is C11H18ClNO4. The molecule has 2 aliphatic rings. The Morgan fingerprint density at radius 3 is 2.76 bits per heavy atom. The van der Waals surface area contributed by atoms with Crippen LogP contribution in [0.15, 0.2) is 0 Å². The summed E-state index contributed by atoms with van der Waals surface area (Å²) in [4.78, 5) is 13.5. The number of rotatable bonds is 4. The van der Waals surface area contributed by atoms with E-state index in [0.29, 0.717) is 19.0 Å². The van der Waals surface area contributed by atoms with Gasteiger partial charge in [0.05, 0.1) is 12.6 Å². The van der Waals surface area contributed by atoms with Gasteiger partial charge in [0.1, 0.15) is 6.10 Å². The minimum atomic E-state index is -0.589. The molecule has 0 spiro atoms. The highest BCUT2D eigenvalue weighted by molar-refractivity contribution is 6.18. The van der Waals surface area contributed by atoms with E-state index in [0.717, 1.165) is 0 Å². The normalized spacial score (nSPS) is 36.1. The van der Waals surface area contributed by atoms with Crippen LogP contribution in [-0.4, -0.2) is 61.0 Å². The summed E-state index contributed by atoms with van der Waals surface area (Å²) in [6, 6.07) is -0.0898. The van der Waals surface area contributed by atoms with Gasteiger partial charge < -0.3 is 19.1 Å². The fourth-order valence-corrected chi connectivity index (χ4v) is 2.59. The van der Waals surface area contributed by atoms with Crippen molar-refractivity contribution in [2.24, 2.45) is 0 Å². The van der Waals surface area contributed by atoms with E-state index in [9.17, 15) is 4.79 Å². The van der Waals surface area contributed by atoms with Gasteiger partial charge in [-0.2, -0.15) is 0 Å². The monoisotopic (exact) mass is 263 g/mol. The number of nitrogens with zero attached hydrogens (tertiary/aromatic N) is 1. The van der Waals surface area contributed by atoms with Gasteiger partial charge in [-0.1, -0.05) is 0 Å². The van der Waals surface area contributed by atoms with Crippen molar-refractivity contribution in [1.29, 1.82) is 0 Å². The number of amides is 1. The van der Waals surface area contributed by atoms with E-state index in [-0.39, 0.29) is 18.1 Å². The van der Waals surface area contributed by atoms with E-state index in [1.807, 2.05) is 13.8 Å². The predicted octanol–water partition coefficient (Wildman–Crippen LogP) is 0.602. The average molecular weight is 264 g/mol. The quantitative estimate of drug-likeness (QED) is 0.551. The number of ether oxygens (including phenoxy) is 3. The van der Waals surface area contributed by atoms with E-state index >= 15 is 0 Å². The zero-order valence-electron chi connectivity index (χ0n) is 10.3. The number of likely N-dealkylation sites (tertiary alicyclic amines) is 1. The topological polar surface area (TPSA) is 48.0 Å². The lowest BCUT2D eigenvalue weighted by Crippen LogP contribution is -2.70. The summed E-state index contributed by atoms with van der Waals surface area (Å²) in [6.07, 6.45) is -0.573. The van der Waals surface area contributed by atoms with E-state index in [4.69, 9.17) is 25.8 Å². The zero-order chi connectivity index (χ0) is 12.6. The molecule has 2 aliphatic heterocycles. The van der Waals surface area contributed by atoms with Crippen LogP contribution < -0.4 is 0 Å². The number of hydrogen-bond acceptors (Lipinski definition) is 4. The Morgan fingerprint density at radius 2 is 2.29 bits per heavy atom. The van der Waals surface area contributed by atoms with Gasteiger partial charge in [0.15, 0.2) is 11.9 Å². The Bertz CT molecular complexity index is 310. The molecule has 0 bridgehead atoms. The van der Waals surface area contributed by atoms with Crippen LogP contribution in [0.25, 0.3) is 0 Å². The summed E-state index contributed by atoms with van der Waals surface area (Å²) in [6.45, 7) is 4.72. The molecule has 1 amide bonds. The standard InChI is InChI=1S/C11H18ClNO4/c1-11(2)16-6-7(17-11)8-9(15-3)10(14)13(8)5-4-12/h7-9H,4-6H2,1-3H3/t7-,8+,9-/m1/s1. The molecule has 3 atom stereocenters. The van der Waals surface area contributed by atoms with E-state index < -0.39 is 11.9 Å². The van der Waals surface area contributed by atoms with Crippen molar-refractivity contribution in [3.05, 3.63) is 0 Å². The van der Waals surface area contributed by atoms with Gasteiger partial charge in [-0.05, 0) is 13.8 Å². The molecule has 2 saturated heterocycles. The fourth-order valence-electron chi connectivity index (χ4n) is 2.41. The first kappa shape index (κ1) is 13.1.